The first-order valence-electron chi connectivity index (χ1n) is 4.73. The van der Waals surface area contributed by atoms with Gasteiger partial charge in [-0.1, -0.05) is 12.1 Å². The lowest BCUT2D eigenvalue weighted by Gasteiger charge is -2.04. The van der Waals surface area contributed by atoms with E-state index in [-0.39, 0.29) is 5.82 Å². The third-order valence-electron chi connectivity index (χ3n) is 2.00. The molecule has 0 bridgehead atoms. The molecule has 2 rings (SSSR count). The third-order valence-corrected chi connectivity index (χ3v) is 2.47. The Hall–Kier alpha value is -1.42. The summed E-state index contributed by atoms with van der Waals surface area (Å²) in [7, 11) is 0. The quantitative estimate of drug-likeness (QED) is 0.858. The Bertz CT molecular complexity index is 410. The van der Waals surface area contributed by atoms with Crippen LogP contribution >= 0.6 is 15.9 Å². The smallest absolute Gasteiger partial charge is 0.213 e. The molecule has 1 heterocycles. The molecule has 0 saturated heterocycles. The molecule has 0 unspecified atom stereocenters. The van der Waals surface area contributed by atoms with Crippen LogP contribution in [0.5, 0.6) is 5.88 Å². The summed E-state index contributed by atoms with van der Waals surface area (Å²) in [6.45, 7) is 0.384. The second-order valence-corrected chi connectivity index (χ2v) is 4.15. The first-order chi connectivity index (χ1) is 7.74. The number of ether oxygens (including phenoxy) is 1. The molecule has 0 spiro atoms. The van der Waals surface area contributed by atoms with Gasteiger partial charge in [-0.3, -0.25) is 0 Å². The van der Waals surface area contributed by atoms with Crippen molar-refractivity contribution in [2.45, 2.75) is 6.61 Å². The average Bonchev–Trinajstić information content (AvgIpc) is 2.30. The highest BCUT2D eigenvalue weighted by atomic mass is 79.9. The van der Waals surface area contributed by atoms with Crippen LogP contribution in [0.25, 0.3) is 0 Å². The highest BCUT2D eigenvalue weighted by Crippen LogP contribution is 2.13. The SMILES string of the molecule is Fc1ccc(COc2ccc(Br)cn2)cc1. The van der Waals surface area contributed by atoms with E-state index in [4.69, 9.17) is 4.74 Å². The molecule has 1 aromatic heterocycles. The van der Waals surface area contributed by atoms with E-state index >= 15 is 0 Å². The van der Waals surface area contributed by atoms with Crippen LogP contribution in [0.15, 0.2) is 47.1 Å². The summed E-state index contributed by atoms with van der Waals surface area (Å²) < 4.78 is 19.0. The van der Waals surface area contributed by atoms with Crippen LogP contribution < -0.4 is 4.74 Å². The van der Waals surface area contributed by atoms with E-state index in [0.29, 0.717) is 12.5 Å². The van der Waals surface area contributed by atoms with Crippen LogP contribution in [0.1, 0.15) is 5.56 Å². The van der Waals surface area contributed by atoms with Crippen LogP contribution in [0.2, 0.25) is 0 Å². The van der Waals surface area contributed by atoms with E-state index in [9.17, 15) is 4.39 Å². The van der Waals surface area contributed by atoms with Crippen LogP contribution in [-0.4, -0.2) is 4.98 Å². The van der Waals surface area contributed by atoms with Crippen LogP contribution in [0, 0.1) is 5.82 Å². The number of hydrogen-bond acceptors (Lipinski definition) is 2. The number of halogens is 2. The highest BCUT2D eigenvalue weighted by Gasteiger charge is 1.97. The van der Waals surface area contributed by atoms with Crippen molar-refractivity contribution in [2.24, 2.45) is 0 Å². The molecular formula is C12H9BrFNO. The molecule has 0 radical (unpaired) electrons. The molecule has 82 valence electrons. The van der Waals surface area contributed by atoms with Gasteiger partial charge in [0.1, 0.15) is 12.4 Å². The van der Waals surface area contributed by atoms with Gasteiger partial charge in [-0.05, 0) is 39.7 Å². The van der Waals surface area contributed by atoms with Crippen molar-refractivity contribution >= 4 is 15.9 Å². The predicted molar refractivity (Wildman–Crippen MR) is 62.7 cm³/mol. The first kappa shape index (κ1) is 11.1. The van der Waals surface area contributed by atoms with Gasteiger partial charge in [0.25, 0.3) is 0 Å². The Morgan fingerprint density at radius 3 is 2.50 bits per heavy atom. The lowest BCUT2D eigenvalue weighted by molar-refractivity contribution is 0.293. The van der Waals surface area contributed by atoms with Gasteiger partial charge in [-0.25, -0.2) is 9.37 Å². The molecule has 4 heteroatoms. The number of nitrogens with zero attached hydrogens (tertiary/aromatic N) is 1. The summed E-state index contributed by atoms with van der Waals surface area (Å²) >= 11 is 3.29. The first-order valence-corrected chi connectivity index (χ1v) is 5.52. The maximum absolute atomic E-state index is 12.6. The van der Waals surface area contributed by atoms with Gasteiger partial charge in [-0.15, -0.1) is 0 Å². The molecule has 0 saturated carbocycles. The number of rotatable bonds is 3. The van der Waals surface area contributed by atoms with Gasteiger partial charge in [0, 0.05) is 16.7 Å². The van der Waals surface area contributed by atoms with E-state index in [2.05, 4.69) is 20.9 Å². The molecule has 0 N–H and O–H groups in total. The molecule has 0 aliphatic heterocycles. The number of hydrogen-bond donors (Lipinski definition) is 0. The average molecular weight is 282 g/mol. The second kappa shape index (κ2) is 5.07. The van der Waals surface area contributed by atoms with Crippen molar-refractivity contribution in [3.05, 3.63) is 58.4 Å². The summed E-state index contributed by atoms with van der Waals surface area (Å²) in [5, 5.41) is 0. The molecule has 0 aliphatic rings. The van der Waals surface area contributed by atoms with Crippen molar-refractivity contribution < 1.29 is 9.13 Å². The Kier molecular flexibility index (Phi) is 3.51. The zero-order valence-corrected chi connectivity index (χ0v) is 9.95. The van der Waals surface area contributed by atoms with E-state index in [1.165, 1.54) is 12.1 Å². The molecule has 0 aliphatic carbocycles. The Labute approximate surface area is 101 Å². The van der Waals surface area contributed by atoms with Crippen LogP contribution in [0.3, 0.4) is 0 Å². The normalized spacial score (nSPS) is 10.1. The lowest BCUT2D eigenvalue weighted by Crippen LogP contribution is -1.96. The van der Waals surface area contributed by atoms with E-state index < -0.39 is 0 Å². The van der Waals surface area contributed by atoms with Crippen molar-refractivity contribution in [3.8, 4) is 5.88 Å². The topological polar surface area (TPSA) is 22.1 Å². The minimum Gasteiger partial charge on any atom is -0.473 e. The molecule has 2 nitrogen and oxygen atoms in total. The van der Waals surface area contributed by atoms with Gasteiger partial charge in [0.2, 0.25) is 5.88 Å². The van der Waals surface area contributed by atoms with E-state index in [1.54, 1.807) is 24.4 Å². The lowest BCUT2D eigenvalue weighted by atomic mass is 10.2. The van der Waals surface area contributed by atoms with Gasteiger partial charge in [-0.2, -0.15) is 0 Å². The number of aromatic nitrogens is 1. The Balaban J connectivity index is 1.97. The summed E-state index contributed by atoms with van der Waals surface area (Å²) in [5.74, 6) is 0.304. The van der Waals surface area contributed by atoms with Gasteiger partial charge in [0.05, 0.1) is 0 Å². The minimum atomic E-state index is -0.245. The maximum atomic E-state index is 12.6. The zero-order chi connectivity index (χ0) is 11.4. The fourth-order valence-corrected chi connectivity index (χ4v) is 1.42. The summed E-state index contributed by atoms with van der Waals surface area (Å²) in [5.41, 5.74) is 0.908. The fourth-order valence-electron chi connectivity index (χ4n) is 1.19. The number of pyridine rings is 1. The van der Waals surface area contributed by atoms with E-state index in [0.717, 1.165) is 10.0 Å². The largest absolute Gasteiger partial charge is 0.473 e. The monoisotopic (exact) mass is 281 g/mol. The highest BCUT2D eigenvalue weighted by molar-refractivity contribution is 9.10. The van der Waals surface area contributed by atoms with Gasteiger partial charge in [0.15, 0.2) is 0 Å². The van der Waals surface area contributed by atoms with Crippen molar-refractivity contribution in [3.63, 3.8) is 0 Å². The third kappa shape index (κ3) is 3.03. The summed E-state index contributed by atoms with van der Waals surface area (Å²) in [6.07, 6.45) is 1.67. The molecular weight excluding hydrogens is 273 g/mol. The van der Waals surface area contributed by atoms with Crippen LogP contribution in [0.4, 0.5) is 4.39 Å². The Morgan fingerprint density at radius 1 is 1.12 bits per heavy atom. The number of benzene rings is 1. The molecule has 0 amide bonds. The molecule has 16 heavy (non-hydrogen) atoms. The Morgan fingerprint density at radius 2 is 1.88 bits per heavy atom. The second-order valence-electron chi connectivity index (χ2n) is 3.23. The molecule has 0 atom stereocenters. The standard InChI is InChI=1S/C12H9BrFNO/c13-10-3-6-12(15-7-10)16-8-9-1-4-11(14)5-2-9/h1-7H,8H2. The van der Waals surface area contributed by atoms with Crippen LogP contribution in [-0.2, 0) is 6.61 Å². The summed E-state index contributed by atoms with van der Waals surface area (Å²) in [4.78, 5) is 4.07. The van der Waals surface area contributed by atoms with Crippen molar-refractivity contribution in [1.29, 1.82) is 0 Å². The zero-order valence-electron chi connectivity index (χ0n) is 8.36. The molecule has 2 aromatic rings. The van der Waals surface area contributed by atoms with Gasteiger partial charge < -0.3 is 4.74 Å². The van der Waals surface area contributed by atoms with Crippen molar-refractivity contribution in [1.82, 2.24) is 4.98 Å². The van der Waals surface area contributed by atoms with E-state index in [1.807, 2.05) is 6.07 Å². The summed E-state index contributed by atoms with van der Waals surface area (Å²) in [6, 6.07) is 9.82. The minimum absolute atomic E-state index is 0.245. The predicted octanol–water partition coefficient (Wildman–Crippen LogP) is 3.56. The van der Waals surface area contributed by atoms with Crippen molar-refractivity contribution in [2.75, 3.05) is 0 Å². The molecule has 1 aromatic carbocycles. The van der Waals surface area contributed by atoms with Gasteiger partial charge >= 0.3 is 0 Å². The molecule has 0 fully saturated rings. The maximum Gasteiger partial charge on any atom is 0.213 e. The fraction of sp³-hybridized carbons (Fsp3) is 0.0833.